The molecule has 0 bridgehead atoms. The van der Waals surface area contributed by atoms with Crippen LogP contribution >= 0.6 is 23.7 Å². The van der Waals surface area contributed by atoms with Crippen LogP contribution in [0.4, 0.5) is 5.13 Å². The summed E-state index contributed by atoms with van der Waals surface area (Å²) in [5.74, 6) is 0.0912. The van der Waals surface area contributed by atoms with E-state index >= 15 is 0 Å². The normalized spacial score (nSPS) is 19.9. The molecule has 1 aromatic heterocycles. The number of carbonyl (C=O) groups is 1. The van der Waals surface area contributed by atoms with Crippen molar-refractivity contribution in [1.29, 1.82) is 0 Å². The highest BCUT2D eigenvalue weighted by molar-refractivity contribution is 7.15. The zero-order chi connectivity index (χ0) is 14.7. The minimum Gasteiger partial charge on any atom is -0.330 e. The molecule has 2 aliphatic rings. The van der Waals surface area contributed by atoms with Gasteiger partial charge in [0, 0.05) is 11.3 Å². The molecule has 1 heterocycles. The van der Waals surface area contributed by atoms with Crippen LogP contribution in [0.1, 0.15) is 61.9 Å². The van der Waals surface area contributed by atoms with E-state index in [9.17, 15) is 4.79 Å². The summed E-state index contributed by atoms with van der Waals surface area (Å²) < 4.78 is 0. The topological polar surface area (TPSA) is 68.0 Å². The van der Waals surface area contributed by atoms with Crippen LogP contribution in [0.15, 0.2) is 0 Å². The van der Waals surface area contributed by atoms with Crippen LogP contribution in [-0.2, 0) is 17.6 Å². The molecule has 6 heteroatoms. The van der Waals surface area contributed by atoms with Crippen molar-refractivity contribution in [2.45, 2.75) is 64.2 Å². The first-order valence-corrected chi connectivity index (χ1v) is 9.01. The molecule has 0 atom stereocenters. The molecule has 0 unspecified atom stereocenters. The fraction of sp³-hybridized carbons (Fsp3) is 0.750. The summed E-state index contributed by atoms with van der Waals surface area (Å²) in [4.78, 5) is 18.3. The number of amides is 1. The van der Waals surface area contributed by atoms with Crippen molar-refractivity contribution in [1.82, 2.24) is 4.98 Å². The summed E-state index contributed by atoms with van der Waals surface area (Å²) in [6.45, 7) is 0.620. The molecule has 22 heavy (non-hydrogen) atoms. The number of aromatic nitrogens is 1. The number of nitrogens with zero attached hydrogens (tertiary/aromatic N) is 1. The van der Waals surface area contributed by atoms with Gasteiger partial charge in [-0.2, -0.15) is 0 Å². The molecule has 3 N–H and O–H groups in total. The first-order chi connectivity index (χ1) is 10.2. The van der Waals surface area contributed by atoms with E-state index in [1.54, 1.807) is 11.3 Å². The summed E-state index contributed by atoms with van der Waals surface area (Å²) >= 11 is 1.66. The van der Waals surface area contributed by atoms with Gasteiger partial charge in [-0.25, -0.2) is 4.98 Å². The molecular weight excluding hydrogens is 318 g/mol. The first-order valence-electron chi connectivity index (χ1n) is 8.19. The van der Waals surface area contributed by atoms with E-state index in [0.717, 1.165) is 30.8 Å². The number of rotatable bonds is 4. The van der Waals surface area contributed by atoms with Gasteiger partial charge in [-0.3, -0.25) is 4.79 Å². The first kappa shape index (κ1) is 17.7. The van der Waals surface area contributed by atoms with Gasteiger partial charge >= 0.3 is 0 Å². The van der Waals surface area contributed by atoms with Crippen molar-refractivity contribution >= 4 is 34.8 Å². The van der Waals surface area contributed by atoms with Crippen LogP contribution in [0, 0.1) is 5.41 Å². The molecule has 1 saturated carbocycles. The molecule has 124 valence electrons. The number of fused-ring (bicyclic) bond motifs is 1. The molecule has 0 aromatic carbocycles. The van der Waals surface area contributed by atoms with Crippen molar-refractivity contribution in [3.63, 3.8) is 0 Å². The Kier molecular flexibility index (Phi) is 6.24. The van der Waals surface area contributed by atoms with Crippen LogP contribution in [0.2, 0.25) is 0 Å². The standard InChI is InChI=1S/C16H25N3OS.ClH/c17-11-16(8-4-1-5-9-16)10-14(20)19-15-18-12-6-2-3-7-13(12)21-15;/h1-11,17H2,(H,18,19,20);1H. The smallest absolute Gasteiger partial charge is 0.226 e. The number of thiazole rings is 1. The summed E-state index contributed by atoms with van der Waals surface area (Å²) in [5, 5.41) is 3.81. The Bertz CT molecular complexity index is 488. The number of anilines is 1. The minimum absolute atomic E-state index is 0. The number of hydrogen-bond acceptors (Lipinski definition) is 4. The van der Waals surface area contributed by atoms with Crippen LogP contribution in [0.5, 0.6) is 0 Å². The molecule has 3 rings (SSSR count). The van der Waals surface area contributed by atoms with Gasteiger partial charge in [0.25, 0.3) is 0 Å². The van der Waals surface area contributed by atoms with Gasteiger partial charge < -0.3 is 11.1 Å². The molecule has 1 aromatic rings. The van der Waals surface area contributed by atoms with E-state index in [2.05, 4.69) is 10.3 Å². The lowest BCUT2D eigenvalue weighted by atomic mass is 9.72. The maximum Gasteiger partial charge on any atom is 0.226 e. The molecule has 1 amide bonds. The Morgan fingerprint density at radius 1 is 1.18 bits per heavy atom. The molecule has 1 fully saturated rings. The van der Waals surface area contributed by atoms with Crippen molar-refractivity contribution in [3.05, 3.63) is 10.6 Å². The number of nitrogens with two attached hydrogens (primary N) is 1. The molecule has 2 aliphatic carbocycles. The van der Waals surface area contributed by atoms with Gasteiger partial charge in [0.1, 0.15) is 0 Å². The van der Waals surface area contributed by atoms with Gasteiger partial charge in [0.2, 0.25) is 5.91 Å². The quantitative estimate of drug-likeness (QED) is 0.876. The Labute approximate surface area is 142 Å². The number of hydrogen-bond donors (Lipinski definition) is 2. The SMILES string of the molecule is Cl.NCC1(CC(=O)Nc2nc3c(s2)CCCC3)CCCCC1. The highest BCUT2D eigenvalue weighted by Gasteiger charge is 2.33. The highest BCUT2D eigenvalue weighted by atomic mass is 35.5. The zero-order valence-corrected chi connectivity index (χ0v) is 14.7. The second-order valence-electron chi connectivity index (χ2n) is 6.59. The molecular formula is C16H26ClN3OS. The summed E-state index contributed by atoms with van der Waals surface area (Å²) in [6, 6.07) is 0. The van der Waals surface area contributed by atoms with Crippen molar-refractivity contribution in [3.8, 4) is 0 Å². The number of aryl methyl sites for hydroxylation is 2. The maximum atomic E-state index is 12.4. The lowest BCUT2D eigenvalue weighted by Gasteiger charge is -2.35. The van der Waals surface area contributed by atoms with E-state index in [-0.39, 0.29) is 23.7 Å². The lowest BCUT2D eigenvalue weighted by Crippen LogP contribution is -2.36. The van der Waals surface area contributed by atoms with Gasteiger partial charge in [0.05, 0.1) is 5.69 Å². The summed E-state index contributed by atoms with van der Waals surface area (Å²) in [6.07, 6.45) is 11.1. The molecule has 0 spiro atoms. The monoisotopic (exact) mass is 343 g/mol. The number of nitrogens with one attached hydrogen (secondary N) is 1. The Balaban J connectivity index is 0.00000176. The van der Waals surface area contributed by atoms with Crippen LogP contribution < -0.4 is 11.1 Å². The Hall–Kier alpha value is -0.650. The third-order valence-corrected chi connectivity index (χ3v) is 6.05. The fourth-order valence-corrected chi connectivity index (χ4v) is 4.73. The average molecular weight is 344 g/mol. The van der Waals surface area contributed by atoms with Gasteiger partial charge in [-0.1, -0.05) is 19.3 Å². The molecule has 0 aliphatic heterocycles. The van der Waals surface area contributed by atoms with Gasteiger partial charge in [0.15, 0.2) is 5.13 Å². The lowest BCUT2D eigenvalue weighted by molar-refractivity contribution is -0.118. The average Bonchev–Trinajstić information content (AvgIpc) is 2.90. The van der Waals surface area contributed by atoms with E-state index < -0.39 is 0 Å². The molecule has 4 nitrogen and oxygen atoms in total. The third kappa shape index (κ3) is 4.00. The van der Waals surface area contributed by atoms with Crippen molar-refractivity contribution in [2.75, 3.05) is 11.9 Å². The van der Waals surface area contributed by atoms with E-state index in [0.29, 0.717) is 13.0 Å². The fourth-order valence-electron chi connectivity index (χ4n) is 3.66. The minimum atomic E-state index is 0. The van der Waals surface area contributed by atoms with E-state index in [1.165, 1.54) is 42.7 Å². The van der Waals surface area contributed by atoms with Crippen molar-refractivity contribution in [2.24, 2.45) is 11.1 Å². The third-order valence-electron chi connectivity index (χ3n) is 4.97. The maximum absolute atomic E-state index is 12.4. The summed E-state index contributed by atoms with van der Waals surface area (Å²) in [5.41, 5.74) is 7.20. The van der Waals surface area contributed by atoms with Crippen LogP contribution in [0.25, 0.3) is 0 Å². The summed E-state index contributed by atoms with van der Waals surface area (Å²) in [7, 11) is 0. The van der Waals surface area contributed by atoms with Crippen molar-refractivity contribution < 1.29 is 4.79 Å². The second kappa shape index (κ2) is 7.75. The van der Waals surface area contributed by atoms with Gasteiger partial charge in [-0.15, -0.1) is 23.7 Å². The number of carbonyl (C=O) groups excluding carboxylic acids is 1. The van der Waals surface area contributed by atoms with E-state index in [1.807, 2.05) is 0 Å². The second-order valence-corrected chi connectivity index (χ2v) is 7.67. The van der Waals surface area contributed by atoms with E-state index in [4.69, 9.17) is 5.73 Å². The highest BCUT2D eigenvalue weighted by Crippen LogP contribution is 2.39. The Morgan fingerprint density at radius 2 is 1.91 bits per heavy atom. The molecule has 0 saturated heterocycles. The van der Waals surface area contributed by atoms with Crippen LogP contribution in [-0.4, -0.2) is 17.4 Å². The Morgan fingerprint density at radius 3 is 2.59 bits per heavy atom. The van der Waals surface area contributed by atoms with Gasteiger partial charge in [-0.05, 0) is 50.5 Å². The zero-order valence-electron chi connectivity index (χ0n) is 13.0. The predicted molar refractivity (Wildman–Crippen MR) is 93.8 cm³/mol. The number of halogens is 1. The molecule has 0 radical (unpaired) electrons. The largest absolute Gasteiger partial charge is 0.330 e. The predicted octanol–water partition coefficient (Wildman–Crippen LogP) is 3.68. The van der Waals surface area contributed by atoms with Crippen LogP contribution in [0.3, 0.4) is 0 Å².